The number of hydrogen-bond donors (Lipinski definition) is 1. The van der Waals surface area contributed by atoms with Gasteiger partial charge in [-0.2, -0.15) is 0 Å². The molecule has 0 unspecified atom stereocenters. The minimum Gasteiger partial charge on any atom is -0.325 e. The third-order valence-electron chi connectivity index (χ3n) is 2.44. The summed E-state index contributed by atoms with van der Waals surface area (Å²) in [4.78, 5) is 0. The summed E-state index contributed by atoms with van der Waals surface area (Å²) in [6.07, 6.45) is -0.297. The van der Waals surface area contributed by atoms with E-state index in [2.05, 4.69) is 15.9 Å². The van der Waals surface area contributed by atoms with Gasteiger partial charge in [-0.3, -0.25) is 0 Å². The van der Waals surface area contributed by atoms with Gasteiger partial charge in [0.25, 0.3) is 5.92 Å². The van der Waals surface area contributed by atoms with Gasteiger partial charge in [-0.15, -0.1) is 0 Å². The average molecular weight is 278 g/mol. The summed E-state index contributed by atoms with van der Waals surface area (Å²) in [5.74, 6) is -2.82. The van der Waals surface area contributed by atoms with Crippen molar-refractivity contribution in [1.82, 2.24) is 0 Å². The van der Waals surface area contributed by atoms with Crippen LogP contribution in [0.1, 0.15) is 16.7 Å². The number of aryl methyl sites for hydroxylation is 1. The summed E-state index contributed by atoms with van der Waals surface area (Å²) in [5, 5.41) is 0. The van der Waals surface area contributed by atoms with Crippen LogP contribution in [0.4, 0.5) is 8.78 Å². The fraction of sp³-hybridized carbons (Fsp3) is 0.455. The molecule has 1 aromatic rings. The molecule has 1 nitrogen and oxygen atoms in total. The van der Waals surface area contributed by atoms with Crippen LogP contribution >= 0.6 is 15.9 Å². The molecule has 1 rings (SSSR count). The van der Waals surface area contributed by atoms with Crippen molar-refractivity contribution in [3.63, 3.8) is 0 Å². The highest BCUT2D eigenvalue weighted by Crippen LogP contribution is 2.27. The van der Waals surface area contributed by atoms with E-state index in [9.17, 15) is 8.78 Å². The summed E-state index contributed by atoms with van der Waals surface area (Å²) >= 11 is 3.38. The molecule has 0 aliphatic rings. The van der Waals surface area contributed by atoms with Gasteiger partial charge in [-0.05, 0) is 30.5 Å². The van der Waals surface area contributed by atoms with Crippen LogP contribution in [-0.2, 0) is 6.42 Å². The molecule has 0 fully saturated rings. The van der Waals surface area contributed by atoms with E-state index in [1.807, 2.05) is 19.9 Å². The molecule has 15 heavy (non-hydrogen) atoms. The smallest absolute Gasteiger partial charge is 0.264 e. The van der Waals surface area contributed by atoms with Crippen molar-refractivity contribution in [1.29, 1.82) is 0 Å². The SMILES string of the molecule is Cc1ccc(CC(F)(F)CN)c(C)c1Br. The van der Waals surface area contributed by atoms with Gasteiger partial charge in [-0.25, -0.2) is 8.78 Å². The van der Waals surface area contributed by atoms with Crippen LogP contribution in [0.2, 0.25) is 0 Å². The maximum absolute atomic E-state index is 13.1. The lowest BCUT2D eigenvalue weighted by Crippen LogP contribution is -2.30. The lowest BCUT2D eigenvalue weighted by atomic mass is 10.00. The van der Waals surface area contributed by atoms with Gasteiger partial charge in [0.05, 0.1) is 6.54 Å². The summed E-state index contributed by atoms with van der Waals surface area (Å²) in [6, 6.07) is 3.57. The van der Waals surface area contributed by atoms with E-state index in [0.29, 0.717) is 5.56 Å². The van der Waals surface area contributed by atoms with Gasteiger partial charge >= 0.3 is 0 Å². The van der Waals surface area contributed by atoms with Crippen molar-refractivity contribution < 1.29 is 8.78 Å². The molecule has 2 N–H and O–H groups in total. The van der Waals surface area contributed by atoms with Crippen molar-refractivity contribution in [2.75, 3.05) is 6.54 Å². The lowest BCUT2D eigenvalue weighted by molar-refractivity contribution is 0.0113. The van der Waals surface area contributed by atoms with E-state index < -0.39 is 12.5 Å². The highest BCUT2D eigenvalue weighted by molar-refractivity contribution is 9.10. The molecule has 1 aromatic carbocycles. The van der Waals surface area contributed by atoms with Crippen LogP contribution in [0, 0.1) is 13.8 Å². The van der Waals surface area contributed by atoms with Crippen molar-refractivity contribution >= 4 is 15.9 Å². The number of hydrogen-bond acceptors (Lipinski definition) is 1. The number of rotatable bonds is 3. The Bertz CT molecular complexity index is 364. The third-order valence-corrected chi connectivity index (χ3v) is 3.66. The monoisotopic (exact) mass is 277 g/mol. The Kier molecular flexibility index (Phi) is 3.84. The van der Waals surface area contributed by atoms with Gasteiger partial charge in [0.15, 0.2) is 0 Å². The molecule has 0 aliphatic carbocycles. The number of halogens is 3. The largest absolute Gasteiger partial charge is 0.325 e. The summed E-state index contributed by atoms with van der Waals surface area (Å²) in [5.41, 5.74) is 7.56. The van der Waals surface area contributed by atoms with Crippen molar-refractivity contribution in [2.24, 2.45) is 5.73 Å². The molecule has 0 amide bonds. The lowest BCUT2D eigenvalue weighted by Gasteiger charge is -2.16. The second kappa shape index (κ2) is 4.58. The van der Waals surface area contributed by atoms with Gasteiger partial charge in [0.2, 0.25) is 0 Å². The first-order chi connectivity index (χ1) is 6.87. The molecule has 0 aliphatic heterocycles. The highest BCUT2D eigenvalue weighted by atomic mass is 79.9. The maximum atomic E-state index is 13.1. The topological polar surface area (TPSA) is 26.0 Å². The molecule has 0 spiro atoms. The number of alkyl halides is 2. The van der Waals surface area contributed by atoms with Gasteiger partial charge in [0.1, 0.15) is 0 Å². The molecule has 0 bridgehead atoms. The normalized spacial score (nSPS) is 11.9. The molecule has 0 saturated carbocycles. The Balaban J connectivity index is 3.02. The zero-order valence-electron chi connectivity index (χ0n) is 8.78. The Morgan fingerprint density at radius 2 is 1.93 bits per heavy atom. The van der Waals surface area contributed by atoms with Crippen LogP contribution in [0.15, 0.2) is 16.6 Å². The van der Waals surface area contributed by atoms with Crippen molar-refractivity contribution in [3.8, 4) is 0 Å². The summed E-state index contributed by atoms with van der Waals surface area (Å²) in [7, 11) is 0. The summed E-state index contributed by atoms with van der Waals surface area (Å²) in [6.45, 7) is 3.15. The molecule has 84 valence electrons. The molecular formula is C11H14BrF2N. The van der Waals surface area contributed by atoms with Gasteiger partial charge < -0.3 is 5.73 Å². The zero-order chi connectivity index (χ0) is 11.6. The van der Waals surface area contributed by atoms with Gasteiger partial charge in [-0.1, -0.05) is 28.1 Å². The fourth-order valence-corrected chi connectivity index (χ4v) is 1.79. The standard InChI is InChI=1S/C11H14BrF2N/c1-7-3-4-9(8(2)10(7)12)5-11(13,14)6-15/h3-4H,5-6,15H2,1-2H3. The van der Waals surface area contributed by atoms with E-state index in [-0.39, 0.29) is 6.42 Å². The second-order valence-electron chi connectivity index (χ2n) is 3.72. The van der Waals surface area contributed by atoms with E-state index in [1.54, 1.807) is 6.07 Å². The number of nitrogens with two attached hydrogens (primary N) is 1. The second-order valence-corrected chi connectivity index (χ2v) is 4.51. The molecule has 4 heteroatoms. The summed E-state index contributed by atoms with van der Waals surface area (Å²) < 4.78 is 27.1. The van der Waals surface area contributed by atoms with Crippen molar-refractivity contribution in [2.45, 2.75) is 26.2 Å². The number of benzene rings is 1. The Hall–Kier alpha value is -0.480. The fourth-order valence-electron chi connectivity index (χ4n) is 1.40. The van der Waals surface area contributed by atoms with E-state index in [4.69, 9.17) is 5.73 Å². The minimum absolute atomic E-state index is 0.297. The molecule has 0 atom stereocenters. The van der Waals surface area contributed by atoms with E-state index in [0.717, 1.165) is 15.6 Å². The molecule has 0 saturated heterocycles. The first-order valence-electron chi connectivity index (χ1n) is 4.70. The molecule has 0 heterocycles. The maximum Gasteiger partial charge on any atom is 0.264 e. The minimum atomic E-state index is -2.82. The highest BCUT2D eigenvalue weighted by Gasteiger charge is 2.28. The van der Waals surface area contributed by atoms with E-state index >= 15 is 0 Å². The Morgan fingerprint density at radius 1 is 1.33 bits per heavy atom. The average Bonchev–Trinajstić information content (AvgIpc) is 2.19. The quantitative estimate of drug-likeness (QED) is 0.902. The van der Waals surface area contributed by atoms with Crippen LogP contribution < -0.4 is 5.73 Å². The zero-order valence-corrected chi connectivity index (χ0v) is 10.4. The Labute approximate surface area is 96.8 Å². The van der Waals surface area contributed by atoms with Crippen LogP contribution in [0.3, 0.4) is 0 Å². The van der Waals surface area contributed by atoms with Crippen LogP contribution in [-0.4, -0.2) is 12.5 Å². The van der Waals surface area contributed by atoms with Crippen molar-refractivity contribution in [3.05, 3.63) is 33.3 Å². The van der Waals surface area contributed by atoms with Gasteiger partial charge in [0, 0.05) is 10.9 Å². The predicted molar refractivity (Wildman–Crippen MR) is 61.3 cm³/mol. The Morgan fingerprint density at radius 3 is 2.47 bits per heavy atom. The molecule has 0 radical (unpaired) electrons. The first-order valence-corrected chi connectivity index (χ1v) is 5.49. The molecule has 0 aromatic heterocycles. The van der Waals surface area contributed by atoms with Crippen LogP contribution in [0.5, 0.6) is 0 Å². The predicted octanol–water partition coefficient (Wildman–Crippen LogP) is 3.20. The van der Waals surface area contributed by atoms with Crippen LogP contribution in [0.25, 0.3) is 0 Å². The van der Waals surface area contributed by atoms with E-state index in [1.165, 1.54) is 0 Å². The first kappa shape index (κ1) is 12.6. The third kappa shape index (κ3) is 2.98. The molecular weight excluding hydrogens is 264 g/mol.